The standard InChI is InChI=1S/C9H8INO2/c1-13-9-3-6(4-11)8(10)2-7(9)5-12/h2-3,12H,5H2,1H3. The Balaban J connectivity index is 3.28. The van der Waals surface area contributed by atoms with Crippen molar-refractivity contribution in [2.45, 2.75) is 6.61 Å². The van der Waals surface area contributed by atoms with Gasteiger partial charge in [0.15, 0.2) is 0 Å². The molecular formula is C9H8INO2. The largest absolute Gasteiger partial charge is 0.496 e. The van der Waals surface area contributed by atoms with Crippen molar-refractivity contribution >= 4 is 22.6 Å². The summed E-state index contributed by atoms with van der Waals surface area (Å²) in [5.74, 6) is 0.555. The highest BCUT2D eigenvalue weighted by atomic mass is 127. The molecule has 0 heterocycles. The Morgan fingerprint density at radius 3 is 2.77 bits per heavy atom. The van der Waals surface area contributed by atoms with Crippen molar-refractivity contribution in [1.82, 2.24) is 0 Å². The van der Waals surface area contributed by atoms with Gasteiger partial charge in [0.2, 0.25) is 0 Å². The summed E-state index contributed by atoms with van der Waals surface area (Å²) in [5.41, 5.74) is 1.26. The van der Waals surface area contributed by atoms with E-state index >= 15 is 0 Å². The summed E-state index contributed by atoms with van der Waals surface area (Å²) >= 11 is 2.05. The summed E-state index contributed by atoms with van der Waals surface area (Å²) in [6.07, 6.45) is 0. The molecule has 1 N–H and O–H groups in total. The maximum absolute atomic E-state index is 8.97. The first-order valence-electron chi connectivity index (χ1n) is 3.60. The number of halogens is 1. The van der Waals surface area contributed by atoms with Crippen LogP contribution < -0.4 is 4.74 Å². The molecule has 0 atom stereocenters. The van der Waals surface area contributed by atoms with Crippen LogP contribution in [0.2, 0.25) is 0 Å². The first-order valence-corrected chi connectivity index (χ1v) is 4.68. The Hall–Kier alpha value is -0.800. The lowest BCUT2D eigenvalue weighted by atomic mass is 10.1. The monoisotopic (exact) mass is 289 g/mol. The number of ether oxygens (including phenoxy) is 1. The highest BCUT2D eigenvalue weighted by Crippen LogP contribution is 2.24. The summed E-state index contributed by atoms with van der Waals surface area (Å²) in [6, 6.07) is 5.43. The molecule has 68 valence electrons. The maximum Gasteiger partial charge on any atom is 0.125 e. The molecule has 0 amide bonds. The second kappa shape index (κ2) is 4.44. The Bertz CT molecular complexity index is 357. The summed E-state index contributed by atoms with van der Waals surface area (Å²) < 4.78 is 5.84. The molecule has 0 spiro atoms. The van der Waals surface area contributed by atoms with E-state index in [4.69, 9.17) is 15.1 Å². The average Bonchev–Trinajstić information content (AvgIpc) is 2.17. The van der Waals surface area contributed by atoms with Crippen LogP contribution in [0.1, 0.15) is 11.1 Å². The molecule has 0 saturated carbocycles. The van der Waals surface area contributed by atoms with Crippen LogP contribution in [0.5, 0.6) is 5.75 Å². The van der Waals surface area contributed by atoms with Crippen molar-refractivity contribution in [3.05, 3.63) is 26.8 Å². The van der Waals surface area contributed by atoms with Gasteiger partial charge in [-0.15, -0.1) is 0 Å². The minimum absolute atomic E-state index is 0.0785. The number of benzene rings is 1. The molecule has 3 nitrogen and oxygen atoms in total. The number of aliphatic hydroxyl groups excluding tert-OH is 1. The summed E-state index contributed by atoms with van der Waals surface area (Å²) in [6.45, 7) is -0.0785. The van der Waals surface area contributed by atoms with E-state index in [1.807, 2.05) is 0 Å². The normalized spacial score (nSPS) is 9.38. The zero-order chi connectivity index (χ0) is 9.84. The molecule has 0 fully saturated rings. The van der Waals surface area contributed by atoms with Gasteiger partial charge in [0.25, 0.3) is 0 Å². The fourth-order valence-electron chi connectivity index (χ4n) is 0.994. The van der Waals surface area contributed by atoms with Crippen molar-refractivity contribution in [3.8, 4) is 11.8 Å². The van der Waals surface area contributed by atoms with Crippen LogP contribution in [0, 0.1) is 14.9 Å². The molecule has 0 aliphatic rings. The first kappa shape index (κ1) is 10.3. The predicted molar refractivity (Wildman–Crippen MR) is 56.3 cm³/mol. The van der Waals surface area contributed by atoms with Gasteiger partial charge in [-0.2, -0.15) is 5.26 Å². The Morgan fingerprint density at radius 2 is 2.31 bits per heavy atom. The maximum atomic E-state index is 8.97. The van der Waals surface area contributed by atoms with Crippen LogP contribution in [0.3, 0.4) is 0 Å². The number of methoxy groups -OCH3 is 1. The van der Waals surface area contributed by atoms with Crippen LogP contribution in [0.25, 0.3) is 0 Å². The number of aliphatic hydroxyl groups is 1. The van der Waals surface area contributed by atoms with Crippen LogP contribution in [-0.2, 0) is 6.61 Å². The van der Waals surface area contributed by atoms with Gasteiger partial charge in [-0.25, -0.2) is 0 Å². The van der Waals surface area contributed by atoms with Crippen molar-refractivity contribution in [3.63, 3.8) is 0 Å². The number of rotatable bonds is 2. The van der Waals surface area contributed by atoms with Crippen molar-refractivity contribution < 1.29 is 9.84 Å². The summed E-state index contributed by atoms with van der Waals surface area (Å²) in [4.78, 5) is 0. The molecule has 0 aliphatic carbocycles. The molecule has 4 heteroatoms. The van der Waals surface area contributed by atoms with Gasteiger partial charge in [-0.05, 0) is 34.7 Å². The molecule has 0 unspecified atom stereocenters. The minimum Gasteiger partial charge on any atom is -0.496 e. The highest BCUT2D eigenvalue weighted by Gasteiger charge is 2.07. The molecule has 0 aliphatic heterocycles. The molecule has 0 aromatic heterocycles. The molecule has 1 rings (SSSR count). The lowest BCUT2D eigenvalue weighted by molar-refractivity contribution is 0.273. The van der Waals surface area contributed by atoms with Crippen molar-refractivity contribution in [2.24, 2.45) is 0 Å². The Labute approximate surface area is 90.1 Å². The zero-order valence-corrected chi connectivity index (χ0v) is 9.20. The summed E-state index contributed by atoms with van der Waals surface area (Å²) in [7, 11) is 1.52. The number of hydrogen-bond donors (Lipinski definition) is 1. The number of nitriles is 1. The van der Waals surface area contributed by atoms with Crippen LogP contribution in [0.15, 0.2) is 12.1 Å². The van der Waals surface area contributed by atoms with E-state index in [9.17, 15) is 0 Å². The van der Waals surface area contributed by atoms with Crippen molar-refractivity contribution in [2.75, 3.05) is 7.11 Å². The Morgan fingerprint density at radius 1 is 1.62 bits per heavy atom. The second-order valence-electron chi connectivity index (χ2n) is 2.41. The highest BCUT2D eigenvalue weighted by molar-refractivity contribution is 14.1. The van der Waals surface area contributed by atoms with Crippen LogP contribution >= 0.6 is 22.6 Å². The quantitative estimate of drug-likeness (QED) is 0.842. The van der Waals surface area contributed by atoms with E-state index in [0.717, 1.165) is 3.57 Å². The molecule has 1 aromatic rings. The molecule has 13 heavy (non-hydrogen) atoms. The molecule has 0 radical (unpaired) electrons. The lowest BCUT2D eigenvalue weighted by Crippen LogP contribution is -1.94. The number of nitrogens with zero attached hydrogens (tertiary/aromatic N) is 1. The van der Waals surface area contributed by atoms with E-state index in [1.54, 1.807) is 12.1 Å². The Kier molecular flexibility index (Phi) is 3.51. The van der Waals surface area contributed by atoms with Gasteiger partial charge in [-0.3, -0.25) is 0 Å². The topological polar surface area (TPSA) is 53.2 Å². The van der Waals surface area contributed by atoms with Gasteiger partial charge >= 0.3 is 0 Å². The van der Waals surface area contributed by atoms with E-state index in [2.05, 4.69) is 28.7 Å². The predicted octanol–water partition coefficient (Wildman–Crippen LogP) is 1.66. The van der Waals surface area contributed by atoms with Gasteiger partial charge in [0.05, 0.1) is 19.3 Å². The van der Waals surface area contributed by atoms with Gasteiger partial charge in [0, 0.05) is 9.13 Å². The van der Waals surface area contributed by atoms with E-state index in [-0.39, 0.29) is 6.61 Å². The van der Waals surface area contributed by atoms with Gasteiger partial charge < -0.3 is 9.84 Å². The number of hydrogen-bond acceptors (Lipinski definition) is 3. The molecule has 0 bridgehead atoms. The van der Waals surface area contributed by atoms with Crippen LogP contribution in [-0.4, -0.2) is 12.2 Å². The third kappa shape index (κ3) is 2.11. The van der Waals surface area contributed by atoms with E-state index in [1.165, 1.54) is 7.11 Å². The SMILES string of the molecule is COc1cc(C#N)c(I)cc1CO. The summed E-state index contributed by atoms with van der Waals surface area (Å²) in [5, 5.41) is 17.7. The molecular weight excluding hydrogens is 281 g/mol. The first-order chi connectivity index (χ1) is 6.22. The van der Waals surface area contributed by atoms with E-state index < -0.39 is 0 Å². The van der Waals surface area contributed by atoms with Gasteiger partial charge in [0.1, 0.15) is 11.8 Å². The fraction of sp³-hybridized carbons (Fsp3) is 0.222. The zero-order valence-electron chi connectivity index (χ0n) is 7.04. The van der Waals surface area contributed by atoms with Gasteiger partial charge in [-0.1, -0.05) is 0 Å². The van der Waals surface area contributed by atoms with Crippen LogP contribution in [0.4, 0.5) is 0 Å². The molecule has 0 saturated heterocycles. The second-order valence-corrected chi connectivity index (χ2v) is 3.58. The molecule has 1 aromatic carbocycles. The fourth-order valence-corrected chi connectivity index (χ4v) is 1.65. The smallest absolute Gasteiger partial charge is 0.125 e. The average molecular weight is 289 g/mol. The van der Waals surface area contributed by atoms with Crippen molar-refractivity contribution in [1.29, 1.82) is 5.26 Å². The minimum atomic E-state index is -0.0785. The lowest BCUT2D eigenvalue weighted by Gasteiger charge is -2.07. The third-order valence-corrected chi connectivity index (χ3v) is 2.55. The van der Waals surface area contributed by atoms with E-state index in [0.29, 0.717) is 16.9 Å². The third-order valence-electron chi connectivity index (χ3n) is 1.66.